The van der Waals surface area contributed by atoms with Crippen LogP contribution in [-0.4, -0.2) is 13.1 Å². The van der Waals surface area contributed by atoms with Gasteiger partial charge in [-0.25, -0.2) is 0 Å². The second-order valence-corrected chi connectivity index (χ2v) is 6.58. The van der Waals surface area contributed by atoms with E-state index in [-0.39, 0.29) is 0 Å². The zero-order valence-corrected chi connectivity index (χ0v) is 11.4. The van der Waals surface area contributed by atoms with Crippen LogP contribution in [-0.2, 0) is 0 Å². The fourth-order valence-corrected chi connectivity index (χ4v) is 4.03. The van der Waals surface area contributed by atoms with Crippen molar-refractivity contribution in [3.8, 4) is 0 Å². The number of nitrogens with one attached hydrogen (secondary N) is 1. The molecule has 0 aromatic carbocycles. The Labute approximate surface area is 101 Å². The third kappa shape index (κ3) is 2.61. The normalized spacial score (nSPS) is 36.6. The zero-order chi connectivity index (χ0) is 11.6. The predicted octanol–water partition coefficient (Wildman–Crippen LogP) is 3.84. The van der Waals surface area contributed by atoms with Crippen molar-refractivity contribution < 1.29 is 0 Å². The Morgan fingerprint density at radius 3 is 2.50 bits per heavy atom. The quantitative estimate of drug-likeness (QED) is 0.721. The molecule has 0 saturated heterocycles. The molecule has 0 aromatic rings. The van der Waals surface area contributed by atoms with Crippen molar-refractivity contribution >= 4 is 0 Å². The molecule has 0 radical (unpaired) electrons. The van der Waals surface area contributed by atoms with Crippen molar-refractivity contribution in [1.29, 1.82) is 0 Å². The van der Waals surface area contributed by atoms with Crippen LogP contribution < -0.4 is 5.32 Å². The van der Waals surface area contributed by atoms with Crippen LogP contribution in [0.3, 0.4) is 0 Å². The maximum absolute atomic E-state index is 3.56. The molecule has 2 saturated carbocycles. The van der Waals surface area contributed by atoms with Crippen molar-refractivity contribution in [1.82, 2.24) is 5.32 Å². The van der Waals surface area contributed by atoms with Gasteiger partial charge >= 0.3 is 0 Å². The van der Waals surface area contributed by atoms with Gasteiger partial charge in [-0.2, -0.15) is 0 Å². The molecule has 0 aromatic heterocycles. The first-order valence-corrected chi connectivity index (χ1v) is 7.37. The van der Waals surface area contributed by atoms with Crippen LogP contribution in [0.4, 0.5) is 0 Å². The van der Waals surface area contributed by atoms with E-state index in [1.165, 1.54) is 32.2 Å². The minimum Gasteiger partial charge on any atom is -0.316 e. The van der Waals surface area contributed by atoms with Gasteiger partial charge in [-0.15, -0.1) is 0 Å². The van der Waals surface area contributed by atoms with Crippen molar-refractivity contribution in [3.63, 3.8) is 0 Å². The van der Waals surface area contributed by atoms with Crippen molar-refractivity contribution in [2.24, 2.45) is 23.2 Å². The molecule has 94 valence electrons. The Morgan fingerprint density at radius 1 is 1.19 bits per heavy atom. The van der Waals surface area contributed by atoms with E-state index in [0.717, 1.165) is 24.3 Å². The van der Waals surface area contributed by atoms with Crippen LogP contribution in [0, 0.1) is 23.2 Å². The molecule has 2 aliphatic carbocycles. The molecule has 1 N–H and O–H groups in total. The molecular weight excluding hydrogens is 194 g/mol. The molecule has 4 atom stereocenters. The van der Waals surface area contributed by atoms with Gasteiger partial charge in [0, 0.05) is 6.54 Å². The highest BCUT2D eigenvalue weighted by Crippen LogP contribution is 2.52. The minimum atomic E-state index is 0.547. The maximum atomic E-state index is 3.56. The van der Waals surface area contributed by atoms with E-state index in [4.69, 9.17) is 0 Å². The van der Waals surface area contributed by atoms with Gasteiger partial charge in [0.2, 0.25) is 0 Å². The fraction of sp³-hybridized carbons (Fsp3) is 1.00. The highest BCUT2D eigenvalue weighted by Gasteiger charge is 2.41. The number of rotatable bonds is 6. The first kappa shape index (κ1) is 12.4. The van der Waals surface area contributed by atoms with Crippen molar-refractivity contribution in [3.05, 3.63) is 0 Å². The molecule has 0 spiro atoms. The third-order valence-electron chi connectivity index (χ3n) is 5.29. The van der Waals surface area contributed by atoms with Gasteiger partial charge in [0.15, 0.2) is 0 Å². The molecule has 0 aliphatic heterocycles. The van der Waals surface area contributed by atoms with Gasteiger partial charge in [-0.3, -0.25) is 0 Å². The topological polar surface area (TPSA) is 12.0 Å². The van der Waals surface area contributed by atoms with Crippen molar-refractivity contribution in [2.75, 3.05) is 13.1 Å². The molecule has 1 nitrogen and oxygen atoms in total. The van der Waals surface area contributed by atoms with Gasteiger partial charge in [0.05, 0.1) is 0 Å². The summed E-state index contributed by atoms with van der Waals surface area (Å²) in [6.45, 7) is 9.40. The van der Waals surface area contributed by atoms with E-state index in [2.05, 4.69) is 26.1 Å². The molecule has 0 heterocycles. The molecule has 0 amide bonds. The minimum absolute atomic E-state index is 0.547. The first-order chi connectivity index (χ1) is 7.67. The van der Waals surface area contributed by atoms with Crippen LogP contribution in [0.15, 0.2) is 0 Å². The summed E-state index contributed by atoms with van der Waals surface area (Å²) in [6, 6.07) is 0. The monoisotopic (exact) mass is 223 g/mol. The average Bonchev–Trinajstić information content (AvgIpc) is 2.88. The molecule has 16 heavy (non-hydrogen) atoms. The van der Waals surface area contributed by atoms with Gasteiger partial charge in [0.25, 0.3) is 0 Å². The predicted molar refractivity (Wildman–Crippen MR) is 70.5 cm³/mol. The molecule has 2 fully saturated rings. The van der Waals surface area contributed by atoms with Crippen LogP contribution in [0.25, 0.3) is 0 Å². The summed E-state index contributed by atoms with van der Waals surface area (Å²) in [7, 11) is 0. The lowest BCUT2D eigenvalue weighted by atomic mass is 9.73. The fourth-order valence-electron chi connectivity index (χ4n) is 4.03. The highest BCUT2D eigenvalue weighted by molar-refractivity contribution is 4.93. The number of hydrogen-bond acceptors (Lipinski definition) is 1. The van der Waals surface area contributed by atoms with Crippen molar-refractivity contribution in [2.45, 2.75) is 59.3 Å². The van der Waals surface area contributed by atoms with E-state index in [9.17, 15) is 0 Å². The molecule has 4 unspecified atom stereocenters. The SMILES string of the molecule is CCNCC(C)(CC)CC1CC2CCC1C2. The van der Waals surface area contributed by atoms with Crippen LogP contribution in [0.1, 0.15) is 59.3 Å². The van der Waals surface area contributed by atoms with E-state index in [1.807, 2.05) is 0 Å². The smallest absolute Gasteiger partial charge is 0.000505 e. The third-order valence-corrected chi connectivity index (χ3v) is 5.29. The summed E-state index contributed by atoms with van der Waals surface area (Å²) in [5, 5.41) is 3.56. The lowest BCUT2D eigenvalue weighted by Crippen LogP contribution is -2.34. The molecular formula is C15H29N. The average molecular weight is 223 g/mol. The largest absolute Gasteiger partial charge is 0.316 e. The summed E-state index contributed by atoms with van der Waals surface area (Å²) in [5.41, 5.74) is 0.547. The Kier molecular flexibility index (Phi) is 3.94. The Morgan fingerprint density at radius 2 is 2.00 bits per heavy atom. The summed E-state index contributed by atoms with van der Waals surface area (Å²) >= 11 is 0. The number of hydrogen-bond donors (Lipinski definition) is 1. The summed E-state index contributed by atoms with van der Waals surface area (Å²) < 4.78 is 0. The Balaban J connectivity index is 1.86. The first-order valence-electron chi connectivity index (χ1n) is 7.37. The van der Waals surface area contributed by atoms with E-state index in [0.29, 0.717) is 5.41 Å². The van der Waals surface area contributed by atoms with E-state index < -0.39 is 0 Å². The lowest BCUT2D eigenvalue weighted by Gasteiger charge is -2.34. The molecule has 2 aliphatic rings. The second kappa shape index (κ2) is 5.08. The van der Waals surface area contributed by atoms with E-state index in [1.54, 1.807) is 12.8 Å². The standard InChI is InChI=1S/C15H29N/c1-4-15(3,11-16-5-2)10-14-9-12-6-7-13(14)8-12/h12-14,16H,4-11H2,1-3H3. The second-order valence-electron chi connectivity index (χ2n) is 6.58. The number of fused-ring (bicyclic) bond motifs is 2. The van der Waals surface area contributed by atoms with Crippen LogP contribution in [0.2, 0.25) is 0 Å². The Bertz CT molecular complexity index is 225. The van der Waals surface area contributed by atoms with Gasteiger partial charge in [-0.1, -0.05) is 27.2 Å². The van der Waals surface area contributed by atoms with Gasteiger partial charge < -0.3 is 5.32 Å². The lowest BCUT2D eigenvalue weighted by molar-refractivity contribution is 0.179. The zero-order valence-electron chi connectivity index (χ0n) is 11.4. The highest BCUT2D eigenvalue weighted by atomic mass is 14.9. The summed E-state index contributed by atoms with van der Waals surface area (Å²) in [5.74, 6) is 3.26. The molecule has 2 rings (SSSR count). The van der Waals surface area contributed by atoms with Gasteiger partial charge in [0.1, 0.15) is 0 Å². The maximum Gasteiger partial charge on any atom is 0.000505 e. The summed E-state index contributed by atoms with van der Waals surface area (Å²) in [4.78, 5) is 0. The molecule has 2 bridgehead atoms. The Hall–Kier alpha value is -0.0400. The summed E-state index contributed by atoms with van der Waals surface area (Å²) in [6.07, 6.45) is 8.98. The van der Waals surface area contributed by atoms with Crippen LogP contribution in [0.5, 0.6) is 0 Å². The van der Waals surface area contributed by atoms with Crippen LogP contribution >= 0.6 is 0 Å². The van der Waals surface area contributed by atoms with Gasteiger partial charge in [-0.05, 0) is 61.8 Å². The molecule has 1 heteroatoms. The van der Waals surface area contributed by atoms with E-state index >= 15 is 0 Å².